The molecule has 0 radical (unpaired) electrons. The molecule has 0 aliphatic heterocycles. The number of hydrogen-bond donors (Lipinski definition) is 1. The highest BCUT2D eigenvalue weighted by Crippen LogP contribution is 2.29. The second-order valence-corrected chi connectivity index (χ2v) is 9.85. The molecule has 0 amide bonds. The lowest BCUT2D eigenvalue weighted by atomic mass is 9.99. The van der Waals surface area contributed by atoms with Crippen LogP contribution in [0.2, 0.25) is 0 Å². The summed E-state index contributed by atoms with van der Waals surface area (Å²) in [5.41, 5.74) is 3.82. The third-order valence-electron chi connectivity index (χ3n) is 5.23. The lowest BCUT2D eigenvalue weighted by molar-refractivity contribution is 0.182. The maximum atomic E-state index is 10.6. The van der Waals surface area contributed by atoms with Crippen molar-refractivity contribution in [3.8, 4) is 36.1 Å². The minimum absolute atomic E-state index is 0.366. The highest BCUT2D eigenvalue weighted by Gasteiger charge is 2.14. The minimum atomic E-state index is -0.601. The standard InChI is InChI=1S/C27H22N2OS2/c1-4-21-6-8-26(31-21)18(3)14-19-10-12-28-23(15-19)24-16-20(11-13-29-24)17-25(30)27-9-7-22(5-2)32-27/h1-2,6-13,15-16,18,25,30H,14,17H2,3H3. The molecule has 2 atom stereocenters. The fraction of sp³-hybridized carbons (Fsp3) is 0.185. The van der Waals surface area contributed by atoms with Crippen LogP contribution in [0.3, 0.4) is 0 Å². The van der Waals surface area contributed by atoms with E-state index in [0.29, 0.717) is 12.3 Å². The number of rotatable bonds is 7. The van der Waals surface area contributed by atoms with E-state index in [0.717, 1.165) is 38.0 Å². The Hall–Kier alpha value is -3.22. The van der Waals surface area contributed by atoms with Crippen molar-refractivity contribution in [3.63, 3.8) is 0 Å². The van der Waals surface area contributed by atoms with Gasteiger partial charge < -0.3 is 5.11 Å². The van der Waals surface area contributed by atoms with Gasteiger partial charge in [0.15, 0.2) is 0 Å². The summed E-state index contributed by atoms with van der Waals surface area (Å²) in [6.45, 7) is 2.21. The summed E-state index contributed by atoms with van der Waals surface area (Å²) in [5.74, 6) is 5.68. The molecule has 4 aromatic heterocycles. The first-order chi connectivity index (χ1) is 15.6. The molecule has 2 unspecified atom stereocenters. The molecular weight excluding hydrogens is 432 g/mol. The molecular formula is C27H22N2OS2. The molecule has 32 heavy (non-hydrogen) atoms. The molecule has 0 aromatic carbocycles. The number of hydrogen-bond acceptors (Lipinski definition) is 5. The van der Waals surface area contributed by atoms with E-state index in [1.54, 1.807) is 17.5 Å². The van der Waals surface area contributed by atoms with E-state index < -0.39 is 6.10 Å². The lowest BCUT2D eigenvalue weighted by Gasteiger charge is -2.11. The Labute approximate surface area is 196 Å². The predicted molar refractivity (Wildman–Crippen MR) is 133 cm³/mol. The van der Waals surface area contributed by atoms with Gasteiger partial charge in [-0.3, -0.25) is 9.97 Å². The Morgan fingerprint density at radius 1 is 0.812 bits per heavy atom. The van der Waals surface area contributed by atoms with Crippen LogP contribution in [-0.2, 0) is 12.8 Å². The SMILES string of the molecule is C#Cc1ccc(C(C)Cc2ccnc(-c3cc(CC(O)c4ccc(C#C)s4)ccn3)c2)s1. The fourth-order valence-corrected chi connectivity index (χ4v) is 5.24. The third kappa shape index (κ3) is 5.15. The maximum Gasteiger partial charge on any atom is 0.0922 e. The molecule has 1 N–H and O–H groups in total. The van der Waals surface area contributed by atoms with Gasteiger partial charge in [0.2, 0.25) is 0 Å². The van der Waals surface area contributed by atoms with Crippen LogP contribution in [0.15, 0.2) is 60.9 Å². The van der Waals surface area contributed by atoms with Crippen LogP contribution in [0.5, 0.6) is 0 Å². The van der Waals surface area contributed by atoms with E-state index in [1.807, 2.05) is 42.6 Å². The van der Waals surface area contributed by atoms with Crippen LogP contribution in [0, 0.1) is 24.7 Å². The Balaban J connectivity index is 1.49. The smallest absolute Gasteiger partial charge is 0.0922 e. The minimum Gasteiger partial charge on any atom is -0.387 e. The number of aliphatic hydroxyl groups is 1. The zero-order valence-corrected chi connectivity index (χ0v) is 19.3. The van der Waals surface area contributed by atoms with Gasteiger partial charge >= 0.3 is 0 Å². The zero-order valence-electron chi connectivity index (χ0n) is 17.7. The molecule has 0 bridgehead atoms. The van der Waals surface area contributed by atoms with Gasteiger partial charge in [0, 0.05) is 28.6 Å². The van der Waals surface area contributed by atoms with E-state index in [9.17, 15) is 5.11 Å². The molecule has 0 aliphatic carbocycles. The van der Waals surface area contributed by atoms with Crippen molar-refractivity contribution in [1.82, 2.24) is 9.97 Å². The van der Waals surface area contributed by atoms with E-state index in [-0.39, 0.29) is 0 Å². The van der Waals surface area contributed by atoms with Crippen molar-refractivity contribution in [2.24, 2.45) is 0 Å². The Morgan fingerprint density at radius 3 is 1.91 bits per heavy atom. The topological polar surface area (TPSA) is 46.0 Å². The second kappa shape index (κ2) is 9.94. The van der Waals surface area contributed by atoms with E-state index in [2.05, 4.69) is 40.9 Å². The van der Waals surface area contributed by atoms with Crippen molar-refractivity contribution < 1.29 is 5.11 Å². The first kappa shape index (κ1) is 22.0. The molecule has 158 valence electrons. The van der Waals surface area contributed by atoms with E-state index in [1.165, 1.54) is 21.8 Å². The van der Waals surface area contributed by atoms with Gasteiger partial charge in [0.05, 0.1) is 27.2 Å². The zero-order chi connectivity index (χ0) is 22.5. The van der Waals surface area contributed by atoms with Crippen molar-refractivity contribution in [3.05, 3.63) is 91.6 Å². The van der Waals surface area contributed by atoms with Crippen LogP contribution in [-0.4, -0.2) is 15.1 Å². The van der Waals surface area contributed by atoms with Gasteiger partial charge in [0.1, 0.15) is 0 Å². The Morgan fingerprint density at radius 2 is 1.34 bits per heavy atom. The van der Waals surface area contributed by atoms with Gasteiger partial charge in [-0.2, -0.15) is 0 Å². The van der Waals surface area contributed by atoms with E-state index >= 15 is 0 Å². The predicted octanol–water partition coefficient (Wildman–Crippen LogP) is 5.85. The number of terminal acetylenes is 2. The number of aromatic nitrogens is 2. The van der Waals surface area contributed by atoms with Crippen LogP contribution in [0.4, 0.5) is 0 Å². The molecule has 0 spiro atoms. The number of aliphatic hydroxyl groups excluding tert-OH is 1. The van der Waals surface area contributed by atoms with Gasteiger partial charge in [-0.05, 0) is 72.0 Å². The van der Waals surface area contributed by atoms with Crippen molar-refractivity contribution in [2.45, 2.75) is 31.8 Å². The Bertz CT molecular complexity index is 1200. The highest BCUT2D eigenvalue weighted by atomic mass is 32.1. The molecule has 0 fully saturated rings. The first-order valence-electron chi connectivity index (χ1n) is 10.3. The molecule has 0 saturated heterocycles. The molecule has 3 nitrogen and oxygen atoms in total. The fourth-order valence-electron chi connectivity index (χ4n) is 3.57. The summed E-state index contributed by atoms with van der Waals surface area (Å²) in [5, 5.41) is 10.6. The summed E-state index contributed by atoms with van der Waals surface area (Å²) < 4.78 is 0. The maximum absolute atomic E-state index is 10.6. The van der Waals surface area contributed by atoms with Gasteiger partial charge in [-0.25, -0.2) is 0 Å². The van der Waals surface area contributed by atoms with Crippen LogP contribution in [0.1, 0.15) is 49.6 Å². The quantitative estimate of drug-likeness (QED) is 0.356. The summed E-state index contributed by atoms with van der Waals surface area (Å²) in [7, 11) is 0. The first-order valence-corrected chi connectivity index (χ1v) is 11.9. The molecule has 4 heterocycles. The number of thiophene rings is 2. The summed E-state index contributed by atoms with van der Waals surface area (Å²) in [4.78, 5) is 13.0. The summed E-state index contributed by atoms with van der Waals surface area (Å²) in [6.07, 6.45) is 15.3. The number of pyridine rings is 2. The normalized spacial score (nSPS) is 12.6. The molecule has 4 aromatic rings. The summed E-state index contributed by atoms with van der Waals surface area (Å²) >= 11 is 3.12. The molecule has 5 heteroatoms. The second-order valence-electron chi connectivity index (χ2n) is 7.62. The summed E-state index contributed by atoms with van der Waals surface area (Å²) in [6, 6.07) is 15.9. The van der Waals surface area contributed by atoms with E-state index in [4.69, 9.17) is 12.8 Å². The molecule has 4 rings (SSSR count). The van der Waals surface area contributed by atoms with Crippen molar-refractivity contribution in [2.75, 3.05) is 0 Å². The number of nitrogens with zero attached hydrogens (tertiary/aromatic N) is 2. The molecule has 0 aliphatic rings. The van der Waals surface area contributed by atoms with Gasteiger partial charge in [-0.1, -0.05) is 18.8 Å². The average Bonchev–Trinajstić information content (AvgIpc) is 3.49. The van der Waals surface area contributed by atoms with Gasteiger partial charge in [0.25, 0.3) is 0 Å². The largest absolute Gasteiger partial charge is 0.387 e. The third-order valence-corrected chi connectivity index (χ3v) is 7.60. The van der Waals surface area contributed by atoms with Gasteiger partial charge in [-0.15, -0.1) is 35.5 Å². The molecule has 0 saturated carbocycles. The van der Waals surface area contributed by atoms with Crippen molar-refractivity contribution in [1.29, 1.82) is 0 Å². The van der Waals surface area contributed by atoms with Crippen LogP contribution < -0.4 is 0 Å². The average molecular weight is 455 g/mol. The van der Waals surface area contributed by atoms with Crippen LogP contribution >= 0.6 is 22.7 Å². The van der Waals surface area contributed by atoms with Crippen LogP contribution in [0.25, 0.3) is 11.4 Å². The highest BCUT2D eigenvalue weighted by molar-refractivity contribution is 7.12. The van der Waals surface area contributed by atoms with Crippen molar-refractivity contribution >= 4 is 22.7 Å². The lowest BCUT2D eigenvalue weighted by Crippen LogP contribution is -2.01. The monoisotopic (exact) mass is 454 g/mol. The Kier molecular flexibility index (Phi) is 6.83.